The number of nitrogens with zero attached hydrogens (tertiary/aromatic N) is 1. The Hall–Kier alpha value is -0.940. The zero-order valence-electron chi connectivity index (χ0n) is 10.1. The first-order valence-corrected chi connectivity index (χ1v) is 6.26. The molecule has 0 saturated carbocycles. The highest BCUT2D eigenvalue weighted by molar-refractivity contribution is 7.09. The van der Waals surface area contributed by atoms with Crippen molar-refractivity contribution < 1.29 is 9.53 Å². The summed E-state index contributed by atoms with van der Waals surface area (Å²) >= 11 is 1.60. The summed E-state index contributed by atoms with van der Waals surface area (Å²) in [5.41, 5.74) is 2.83. The number of thiazole rings is 1. The average Bonchev–Trinajstić information content (AvgIpc) is 2.64. The smallest absolute Gasteiger partial charge is 0.322 e. The van der Waals surface area contributed by atoms with Gasteiger partial charge in [-0.1, -0.05) is 0 Å². The number of carbonyl (C=O) groups excluding carboxylic acids is 1. The van der Waals surface area contributed by atoms with E-state index in [4.69, 9.17) is 4.74 Å². The number of aromatic nitrogens is 1. The standard InChI is InChI=1S/C11H18N2O2S/c1-5-15-11(14)9(4)13-8(3)10-7(2)12-6-16-10/h6,8-9,13H,5H2,1-4H3. The number of carbonyl (C=O) groups is 1. The van der Waals surface area contributed by atoms with Crippen LogP contribution in [0.1, 0.15) is 37.4 Å². The summed E-state index contributed by atoms with van der Waals surface area (Å²) < 4.78 is 4.94. The normalized spacial score (nSPS) is 14.5. The van der Waals surface area contributed by atoms with E-state index in [1.807, 2.05) is 26.3 Å². The molecule has 1 rings (SSSR count). The van der Waals surface area contributed by atoms with Gasteiger partial charge in [-0.2, -0.15) is 0 Å². The summed E-state index contributed by atoms with van der Waals surface area (Å²) in [5.74, 6) is -0.212. The van der Waals surface area contributed by atoms with Crippen LogP contribution in [0.5, 0.6) is 0 Å². The van der Waals surface area contributed by atoms with E-state index >= 15 is 0 Å². The van der Waals surface area contributed by atoms with E-state index in [-0.39, 0.29) is 18.1 Å². The van der Waals surface area contributed by atoms with Gasteiger partial charge in [0.1, 0.15) is 6.04 Å². The summed E-state index contributed by atoms with van der Waals surface area (Å²) in [7, 11) is 0. The number of aryl methyl sites for hydroxylation is 1. The van der Waals surface area contributed by atoms with Crippen molar-refractivity contribution in [2.75, 3.05) is 6.61 Å². The molecule has 0 aliphatic carbocycles. The van der Waals surface area contributed by atoms with E-state index in [2.05, 4.69) is 10.3 Å². The third kappa shape index (κ3) is 3.28. The third-order valence-electron chi connectivity index (χ3n) is 2.32. The minimum absolute atomic E-state index is 0.118. The van der Waals surface area contributed by atoms with Crippen LogP contribution in [0.3, 0.4) is 0 Å². The zero-order chi connectivity index (χ0) is 12.1. The second kappa shape index (κ2) is 5.96. The minimum atomic E-state index is -0.295. The lowest BCUT2D eigenvalue weighted by atomic mass is 10.2. The van der Waals surface area contributed by atoms with Gasteiger partial charge < -0.3 is 4.74 Å². The van der Waals surface area contributed by atoms with Gasteiger partial charge in [0, 0.05) is 10.9 Å². The number of nitrogens with one attached hydrogen (secondary N) is 1. The summed E-state index contributed by atoms with van der Waals surface area (Å²) in [4.78, 5) is 16.8. The molecule has 0 aliphatic rings. The van der Waals surface area contributed by atoms with Crippen LogP contribution in [0.15, 0.2) is 5.51 Å². The average molecular weight is 242 g/mol. The molecule has 1 heterocycles. The lowest BCUT2D eigenvalue weighted by Crippen LogP contribution is -2.37. The molecular formula is C11H18N2O2S. The molecule has 0 spiro atoms. The van der Waals surface area contributed by atoms with Gasteiger partial charge in [-0.05, 0) is 27.7 Å². The van der Waals surface area contributed by atoms with E-state index in [1.165, 1.54) is 0 Å². The van der Waals surface area contributed by atoms with Gasteiger partial charge in [0.15, 0.2) is 0 Å². The molecule has 0 amide bonds. The van der Waals surface area contributed by atoms with Crippen LogP contribution in [-0.4, -0.2) is 23.6 Å². The van der Waals surface area contributed by atoms with Crippen LogP contribution < -0.4 is 5.32 Å². The fraction of sp³-hybridized carbons (Fsp3) is 0.636. The molecule has 4 nitrogen and oxygen atoms in total. The fourth-order valence-electron chi connectivity index (χ4n) is 1.51. The summed E-state index contributed by atoms with van der Waals surface area (Å²) in [6, 6.07) is -0.177. The third-order valence-corrected chi connectivity index (χ3v) is 3.43. The first kappa shape index (κ1) is 13.1. The monoisotopic (exact) mass is 242 g/mol. The summed E-state index contributed by atoms with van der Waals surface area (Å²) in [6.45, 7) is 8.03. The Labute approximate surface area is 100 Å². The van der Waals surface area contributed by atoms with E-state index in [9.17, 15) is 4.79 Å². The Kier molecular flexibility index (Phi) is 4.89. The van der Waals surface area contributed by atoms with Gasteiger partial charge >= 0.3 is 5.97 Å². The van der Waals surface area contributed by atoms with Crippen molar-refractivity contribution in [2.45, 2.75) is 39.8 Å². The van der Waals surface area contributed by atoms with Crippen LogP contribution >= 0.6 is 11.3 Å². The predicted octanol–water partition coefficient (Wildman–Crippen LogP) is 2.05. The highest BCUT2D eigenvalue weighted by Crippen LogP contribution is 2.21. The molecule has 2 unspecified atom stereocenters. The topological polar surface area (TPSA) is 51.2 Å². The van der Waals surface area contributed by atoms with E-state index in [1.54, 1.807) is 18.3 Å². The van der Waals surface area contributed by atoms with E-state index in [0.29, 0.717) is 6.61 Å². The fourth-order valence-corrected chi connectivity index (χ4v) is 2.33. The van der Waals surface area contributed by atoms with Crippen LogP contribution in [-0.2, 0) is 9.53 Å². The van der Waals surface area contributed by atoms with Gasteiger partial charge in [-0.25, -0.2) is 4.98 Å². The van der Waals surface area contributed by atoms with E-state index in [0.717, 1.165) is 10.6 Å². The molecule has 16 heavy (non-hydrogen) atoms. The van der Waals surface area contributed by atoms with Crippen molar-refractivity contribution in [3.63, 3.8) is 0 Å². The second-order valence-corrected chi connectivity index (χ2v) is 4.55. The van der Waals surface area contributed by atoms with Crippen molar-refractivity contribution in [1.82, 2.24) is 10.3 Å². The molecule has 5 heteroatoms. The Morgan fingerprint density at radius 2 is 2.31 bits per heavy atom. The number of ether oxygens (including phenoxy) is 1. The van der Waals surface area contributed by atoms with Crippen molar-refractivity contribution in [3.05, 3.63) is 16.1 Å². The van der Waals surface area contributed by atoms with E-state index < -0.39 is 0 Å². The van der Waals surface area contributed by atoms with Gasteiger partial charge in [-0.3, -0.25) is 10.1 Å². The van der Waals surface area contributed by atoms with Crippen LogP contribution in [0.4, 0.5) is 0 Å². The van der Waals surface area contributed by atoms with Crippen LogP contribution in [0.25, 0.3) is 0 Å². The number of esters is 1. The largest absolute Gasteiger partial charge is 0.465 e. The summed E-state index contributed by atoms with van der Waals surface area (Å²) in [6.07, 6.45) is 0. The van der Waals surface area contributed by atoms with Gasteiger partial charge in [0.2, 0.25) is 0 Å². The molecule has 0 aliphatic heterocycles. The highest BCUT2D eigenvalue weighted by Gasteiger charge is 2.19. The Morgan fingerprint density at radius 3 is 2.81 bits per heavy atom. The number of hydrogen-bond donors (Lipinski definition) is 1. The number of hydrogen-bond acceptors (Lipinski definition) is 5. The van der Waals surface area contributed by atoms with Crippen LogP contribution in [0.2, 0.25) is 0 Å². The van der Waals surface area contributed by atoms with Crippen molar-refractivity contribution >= 4 is 17.3 Å². The highest BCUT2D eigenvalue weighted by atomic mass is 32.1. The maximum atomic E-state index is 11.4. The maximum Gasteiger partial charge on any atom is 0.322 e. The van der Waals surface area contributed by atoms with Crippen molar-refractivity contribution in [2.24, 2.45) is 0 Å². The Morgan fingerprint density at radius 1 is 1.62 bits per heavy atom. The quantitative estimate of drug-likeness (QED) is 0.803. The maximum absolute atomic E-state index is 11.4. The predicted molar refractivity (Wildman–Crippen MR) is 64.5 cm³/mol. The first-order chi connectivity index (χ1) is 7.56. The summed E-state index contributed by atoms with van der Waals surface area (Å²) in [5, 5.41) is 3.20. The lowest BCUT2D eigenvalue weighted by Gasteiger charge is -2.18. The Balaban J connectivity index is 2.54. The van der Waals surface area contributed by atoms with Gasteiger partial charge in [-0.15, -0.1) is 11.3 Å². The molecule has 0 aromatic carbocycles. The van der Waals surface area contributed by atoms with Crippen molar-refractivity contribution in [3.8, 4) is 0 Å². The first-order valence-electron chi connectivity index (χ1n) is 5.39. The second-order valence-electron chi connectivity index (χ2n) is 3.66. The molecular weight excluding hydrogens is 224 g/mol. The van der Waals surface area contributed by atoms with Crippen molar-refractivity contribution in [1.29, 1.82) is 0 Å². The molecule has 0 saturated heterocycles. The molecule has 0 bridgehead atoms. The van der Waals surface area contributed by atoms with Gasteiger partial charge in [0.05, 0.1) is 17.8 Å². The molecule has 1 aromatic heterocycles. The van der Waals surface area contributed by atoms with Crippen LogP contribution in [0, 0.1) is 6.92 Å². The Bertz CT molecular complexity index is 352. The SMILES string of the molecule is CCOC(=O)C(C)NC(C)c1scnc1C. The number of rotatable bonds is 5. The zero-order valence-corrected chi connectivity index (χ0v) is 10.9. The molecule has 90 valence electrons. The molecule has 1 aromatic rings. The minimum Gasteiger partial charge on any atom is -0.465 e. The molecule has 0 radical (unpaired) electrons. The molecule has 2 atom stereocenters. The van der Waals surface area contributed by atoms with Gasteiger partial charge in [0.25, 0.3) is 0 Å². The lowest BCUT2D eigenvalue weighted by molar-refractivity contribution is -0.145. The molecule has 1 N–H and O–H groups in total. The molecule has 0 fully saturated rings.